The Kier molecular flexibility index (Phi) is 4.33. The number of hydrogen-bond donors (Lipinski definition) is 1. The summed E-state index contributed by atoms with van der Waals surface area (Å²) in [4.78, 5) is 25.6. The fourth-order valence-corrected chi connectivity index (χ4v) is 1.85. The summed E-state index contributed by atoms with van der Waals surface area (Å²) in [7, 11) is 3.25. The lowest BCUT2D eigenvalue weighted by atomic mass is 10.1. The van der Waals surface area contributed by atoms with Crippen LogP contribution in [-0.2, 0) is 0 Å². The molecule has 0 aliphatic rings. The van der Waals surface area contributed by atoms with Gasteiger partial charge in [-0.25, -0.2) is 4.39 Å². The van der Waals surface area contributed by atoms with E-state index in [0.717, 1.165) is 0 Å². The largest absolute Gasteiger partial charge is 0.345 e. The lowest BCUT2D eigenvalue weighted by Gasteiger charge is -2.14. The van der Waals surface area contributed by atoms with Gasteiger partial charge in [-0.1, -0.05) is 24.3 Å². The van der Waals surface area contributed by atoms with Crippen molar-refractivity contribution in [2.75, 3.05) is 19.4 Å². The quantitative estimate of drug-likeness (QED) is 0.943. The van der Waals surface area contributed by atoms with Gasteiger partial charge in [0.2, 0.25) is 0 Å². The van der Waals surface area contributed by atoms with Crippen molar-refractivity contribution in [1.29, 1.82) is 0 Å². The molecule has 0 unspecified atom stereocenters. The summed E-state index contributed by atoms with van der Waals surface area (Å²) >= 11 is 0. The molecule has 2 amide bonds. The zero-order valence-corrected chi connectivity index (χ0v) is 11.8. The molecule has 0 aliphatic carbocycles. The first kappa shape index (κ1) is 14.7. The van der Waals surface area contributed by atoms with Crippen molar-refractivity contribution in [3.63, 3.8) is 0 Å². The normalized spacial score (nSPS) is 10.0. The maximum Gasteiger partial charge on any atom is 0.258 e. The third-order valence-corrected chi connectivity index (χ3v) is 2.93. The molecule has 0 bridgehead atoms. The molecule has 0 radical (unpaired) electrons. The molecule has 2 rings (SSSR count). The van der Waals surface area contributed by atoms with Gasteiger partial charge in [-0.15, -0.1) is 0 Å². The minimum absolute atomic E-state index is 0.0652. The van der Waals surface area contributed by atoms with Crippen LogP contribution in [0.3, 0.4) is 0 Å². The first-order chi connectivity index (χ1) is 10.0. The first-order valence-electron chi connectivity index (χ1n) is 6.37. The molecule has 4 nitrogen and oxygen atoms in total. The number of carbonyl (C=O) groups is 2. The van der Waals surface area contributed by atoms with Gasteiger partial charge in [-0.2, -0.15) is 0 Å². The SMILES string of the molecule is CN(C)C(=O)c1ccccc1NC(=O)c1ccccc1F. The van der Waals surface area contributed by atoms with Crippen LogP contribution < -0.4 is 5.32 Å². The molecule has 21 heavy (non-hydrogen) atoms. The third kappa shape index (κ3) is 3.25. The molecule has 0 atom stereocenters. The lowest BCUT2D eigenvalue weighted by Crippen LogP contribution is -2.24. The van der Waals surface area contributed by atoms with Gasteiger partial charge in [-0.3, -0.25) is 9.59 Å². The molecular weight excluding hydrogens is 271 g/mol. The van der Waals surface area contributed by atoms with Crippen LogP contribution in [0.4, 0.5) is 10.1 Å². The molecule has 108 valence electrons. The zero-order valence-electron chi connectivity index (χ0n) is 11.8. The maximum absolute atomic E-state index is 13.6. The van der Waals surface area contributed by atoms with Crippen molar-refractivity contribution in [2.45, 2.75) is 0 Å². The van der Waals surface area contributed by atoms with E-state index >= 15 is 0 Å². The molecule has 1 N–H and O–H groups in total. The average Bonchev–Trinajstić information content (AvgIpc) is 2.47. The Bertz CT molecular complexity index is 683. The van der Waals surface area contributed by atoms with Crippen LogP contribution in [0.2, 0.25) is 0 Å². The highest BCUT2D eigenvalue weighted by Gasteiger charge is 2.16. The van der Waals surface area contributed by atoms with Crippen LogP contribution >= 0.6 is 0 Å². The Balaban J connectivity index is 2.30. The van der Waals surface area contributed by atoms with Gasteiger partial charge < -0.3 is 10.2 Å². The molecule has 0 fully saturated rings. The number of benzene rings is 2. The Morgan fingerprint density at radius 3 is 2.14 bits per heavy atom. The number of hydrogen-bond acceptors (Lipinski definition) is 2. The van der Waals surface area contributed by atoms with E-state index < -0.39 is 11.7 Å². The monoisotopic (exact) mass is 286 g/mol. The standard InChI is InChI=1S/C16H15FN2O2/c1-19(2)16(21)12-8-4-6-10-14(12)18-15(20)11-7-3-5-9-13(11)17/h3-10H,1-2H3,(H,18,20). The van der Waals surface area contributed by atoms with Gasteiger partial charge >= 0.3 is 0 Å². The molecule has 5 heteroatoms. The van der Waals surface area contributed by atoms with Crippen molar-refractivity contribution in [3.8, 4) is 0 Å². The van der Waals surface area contributed by atoms with Crippen LogP contribution in [-0.4, -0.2) is 30.8 Å². The van der Waals surface area contributed by atoms with Crippen molar-refractivity contribution < 1.29 is 14.0 Å². The number of rotatable bonds is 3. The van der Waals surface area contributed by atoms with Crippen LogP contribution in [0.15, 0.2) is 48.5 Å². The summed E-state index contributed by atoms with van der Waals surface area (Å²) in [6.45, 7) is 0. The summed E-state index contributed by atoms with van der Waals surface area (Å²) in [6.07, 6.45) is 0. The zero-order chi connectivity index (χ0) is 15.4. The van der Waals surface area contributed by atoms with Crippen molar-refractivity contribution in [3.05, 3.63) is 65.5 Å². The summed E-state index contributed by atoms with van der Waals surface area (Å²) in [5.74, 6) is -1.43. The lowest BCUT2D eigenvalue weighted by molar-refractivity contribution is 0.0828. The average molecular weight is 286 g/mol. The topological polar surface area (TPSA) is 49.4 Å². The molecule has 0 aromatic heterocycles. The van der Waals surface area contributed by atoms with E-state index in [9.17, 15) is 14.0 Å². The second-order valence-corrected chi connectivity index (χ2v) is 4.68. The molecule has 2 aromatic rings. The highest BCUT2D eigenvalue weighted by molar-refractivity contribution is 6.09. The van der Waals surface area contributed by atoms with Gasteiger partial charge in [0.15, 0.2) is 0 Å². The predicted molar refractivity (Wildman–Crippen MR) is 78.8 cm³/mol. The highest BCUT2D eigenvalue weighted by Crippen LogP contribution is 2.18. The van der Waals surface area contributed by atoms with Gasteiger partial charge in [0.1, 0.15) is 5.82 Å². The predicted octanol–water partition coefficient (Wildman–Crippen LogP) is 2.78. The number of halogens is 1. The number of carbonyl (C=O) groups excluding carboxylic acids is 2. The molecule has 2 aromatic carbocycles. The van der Waals surface area contributed by atoms with Gasteiger partial charge in [0, 0.05) is 14.1 Å². The third-order valence-electron chi connectivity index (χ3n) is 2.93. The van der Waals surface area contributed by atoms with E-state index in [1.54, 1.807) is 44.4 Å². The summed E-state index contributed by atoms with van der Waals surface area (Å²) < 4.78 is 13.6. The van der Waals surface area contributed by atoms with Crippen LogP contribution in [0.5, 0.6) is 0 Å². The second kappa shape index (κ2) is 6.17. The number of anilines is 1. The molecule has 0 saturated carbocycles. The fraction of sp³-hybridized carbons (Fsp3) is 0.125. The van der Waals surface area contributed by atoms with E-state index in [1.807, 2.05) is 0 Å². The summed E-state index contributed by atoms with van der Waals surface area (Å²) in [5.41, 5.74) is 0.640. The Morgan fingerprint density at radius 1 is 0.952 bits per heavy atom. The van der Waals surface area contributed by atoms with Crippen molar-refractivity contribution >= 4 is 17.5 Å². The number of amides is 2. The Labute approximate surface area is 122 Å². The van der Waals surface area contributed by atoms with Crippen LogP contribution in [0.25, 0.3) is 0 Å². The van der Waals surface area contributed by atoms with Crippen LogP contribution in [0.1, 0.15) is 20.7 Å². The van der Waals surface area contributed by atoms with E-state index in [1.165, 1.54) is 23.1 Å². The van der Waals surface area contributed by atoms with Gasteiger partial charge in [0.05, 0.1) is 16.8 Å². The van der Waals surface area contributed by atoms with Crippen LogP contribution in [0, 0.1) is 5.82 Å². The van der Waals surface area contributed by atoms with Crippen molar-refractivity contribution in [1.82, 2.24) is 4.90 Å². The van der Waals surface area contributed by atoms with E-state index in [0.29, 0.717) is 11.3 Å². The van der Waals surface area contributed by atoms with E-state index in [4.69, 9.17) is 0 Å². The summed E-state index contributed by atoms with van der Waals surface area (Å²) in [6, 6.07) is 12.3. The minimum Gasteiger partial charge on any atom is -0.345 e. The van der Waals surface area contributed by atoms with Crippen molar-refractivity contribution in [2.24, 2.45) is 0 Å². The smallest absolute Gasteiger partial charge is 0.258 e. The van der Waals surface area contributed by atoms with E-state index in [2.05, 4.69) is 5.32 Å². The summed E-state index contributed by atoms with van der Waals surface area (Å²) in [5, 5.41) is 2.58. The fourth-order valence-electron chi connectivity index (χ4n) is 1.85. The second-order valence-electron chi connectivity index (χ2n) is 4.68. The minimum atomic E-state index is -0.605. The van der Waals surface area contributed by atoms with Gasteiger partial charge in [0.25, 0.3) is 11.8 Å². The number of para-hydroxylation sites is 1. The van der Waals surface area contributed by atoms with E-state index in [-0.39, 0.29) is 11.5 Å². The molecule has 0 heterocycles. The first-order valence-corrected chi connectivity index (χ1v) is 6.37. The molecule has 0 saturated heterocycles. The number of nitrogens with zero attached hydrogens (tertiary/aromatic N) is 1. The Morgan fingerprint density at radius 2 is 1.52 bits per heavy atom. The number of nitrogens with one attached hydrogen (secondary N) is 1. The molecule has 0 spiro atoms. The highest BCUT2D eigenvalue weighted by atomic mass is 19.1. The molecular formula is C16H15FN2O2. The Hall–Kier alpha value is -2.69. The van der Waals surface area contributed by atoms with Gasteiger partial charge in [-0.05, 0) is 24.3 Å². The molecule has 0 aliphatic heterocycles. The maximum atomic E-state index is 13.6.